The van der Waals surface area contributed by atoms with Crippen LogP contribution in [0.5, 0.6) is 5.75 Å². The quantitative estimate of drug-likeness (QED) is 0.767. The van der Waals surface area contributed by atoms with Gasteiger partial charge in [0.1, 0.15) is 5.75 Å². The zero-order chi connectivity index (χ0) is 13.4. The second-order valence-electron chi connectivity index (χ2n) is 6.23. The summed E-state index contributed by atoms with van der Waals surface area (Å²) in [5.41, 5.74) is 8.03. The van der Waals surface area contributed by atoms with Gasteiger partial charge in [0, 0.05) is 6.04 Å². The highest BCUT2D eigenvalue weighted by atomic mass is 16.5. The molecule has 0 unspecified atom stereocenters. The summed E-state index contributed by atoms with van der Waals surface area (Å²) in [6.45, 7) is 4.05. The van der Waals surface area contributed by atoms with Crippen LogP contribution in [0.1, 0.15) is 39.5 Å². The Balaban J connectivity index is 1.75. The summed E-state index contributed by atoms with van der Waals surface area (Å²) in [6, 6.07) is 6.66. The van der Waals surface area contributed by atoms with Crippen molar-refractivity contribution in [1.82, 2.24) is 0 Å². The molecule has 2 aliphatic carbocycles. The molecule has 0 heterocycles. The van der Waals surface area contributed by atoms with Gasteiger partial charge in [0.05, 0.1) is 17.5 Å². The predicted molar refractivity (Wildman–Crippen MR) is 79.5 cm³/mol. The van der Waals surface area contributed by atoms with Crippen LogP contribution in [0.3, 0.4) is 0 Å². The molecule has 104 valence electrons. The van der Waals surface area contributed by atoms with Gasteiger partial charge in [-0.15, -0.1) is 0 Å². The SMILES string of the molecule is CC(C)Oc1cccc(NC(C2CC2)C2CC2)c1N. The van der Waals surface area contributed by atoms with E-state index in [2.05, 4.69) is 11.4 Å². The van der Waals surface area contributed by atoms with E-state index in [4.69, 9.17) is 10.5 Å². The first-order chi connectivity index (χ1) is 9.15. The third-order valence-electron chi connectivity index (χ3n) is 4.01. The van der Waals surface area contributed by atoms with E-state index in [1.807, 2.05) is 26.0 Å². The maximum absolute atomic E-state index is 6.23. The number of hydrogen-bond acceptors (Lipinski definition) is 3. The number of nitrogens with one attached hydrogen (secondary N) is 1. The van der Waals surface area contributed by atoms with Crippen LogP contribution in [-0.4, -0.2) is 12.1 Å². The standard InChI is InChI=1S/C16H24N2O/c1-10(2)19-14-5-3-4-13(15(14)17)18-16(11-6-7-11)12-8-9-12/h3-5,10-12,16,18H,6-9,17H2,1-2H3. The number of rotatable bonds is 6. The Morgan fingerprint density at radius 1 is 1.16 bits per heavy atom. The molecule has 0 spiro atoms. The summed E-state index contributed by atoms with van der Waals surface area (Å²) in [6.07, 6.45) is 5.64. The highest BCUT2D eigenvalue weighted by molar-refractivity contribution is 5.73. The first kappa shape index (κ1) is 12.6. The molecule has 2 fully saturated rings. The molecule has 0 bridgehead atoms. The fourth-order valence-electron chi connectivity index (χ4n) is 2.74. The lowest BCUT2D eigenvalue weighted by molar-refractivity contribution is 0.244. The Kier molecular flexibility index (Phi) is 3.29. The summed E-state index contributed by atoms with van der Waals surface area (Å²) in [4.78, 5) is 0. The zero-order valence-electron chi connectivity index (χ0n) is 11.9. The number of hydrogen-bond donors (Lipinski definition) is 2. The molecule has 0 aliphatic heterocycles. The molecule has 0 radical (unpaired) electrons. The number of ether oxygens (including phenoxy) is 1. The van der Waals surface area contributed by atoms with Crippen molar-refractivity contribution in [2.75, 3.05) is 11.1 Å². The van der Waals surface area contributed by atoms with Gasteiger partial charge in [0.25, 0.3) is 0 Å². The summed E-state index contributed by atoms with van der Waals surface area (Å²) in [7, 11) is 0. The zero-order valence-corrected chi connectivity index (χ0v) is 11.9. The Bertz CT molecular complexity index is 438. The third-order valence-corrected chi connectivity index (χ3v) is 4.01. The average molecular weight is 260 g/mol. The molecular weight excluding hydrogens is 236 g/mol. The van der Waals surface area contributed by atoms with Gasteiger partial charge in [-0.05, 0) is 63.5 Å². The smallest absolute Gasteiger partial charge is 0.144 e. The van der Waals surface area contributed by atoms with Gasteiger partial charge in [0.15, 0.2) is 0 Å². The van der Waals surface area contributed by atoms with Crippen molar-refractivity contribution in [3.8, 4) is 5.75 Å². The van der Waals surface area contributed by atoms with Gasteiger partial charge in [-0.3, -0.25) is 0 Å². The van der Waals surface area contributed by atoms with Gasteiger partial charge in [0.2, 0.25) is 0 Å². The molecule has 3 nitrogen and oxygen atoms in total. The molecule has 1 aromatic rings. The van der Waals surface area contributed by atoms with E-state index in [9.17, 15) is 0 Å². The highest BCUT2D eigenvalue weighted by Gasteiger charge is 2.41. The molecule has 1 aromatic carbocycles. The molecule has 3 rings (SSSR count). The molecule has 3 heteroatoms. The molecule has 2 aliphatic rings. The molecule has 0 aromatic heterocycles. The van der Waals surface area contributed by atoms with Crippen LogP contribution in [-0.2, 0) is 0 Å². The van der Waals surface area contributed by atoms with Crippen LogP contribution in [0, 0.1) is 11.8 Å². The molecule has 0 amide bonds. The Morgan fingerprint density at radius 2 is 1.79 bits per heavy atom. The average Bonchev–Trinajstić information content (AvgIpc) is 3.24. The van der Waals surface area contributed by atoms with Crippen LogP contribution in [0.25, 0.3) is 0 Å². The van der Waals surface area contributed by atoms with E-state index >= 15 is 0 Å². The van der Waals surface area contributed by atoms with Crippen LogP contribution in [0.2, 0.25) is 0 Å². The Morgan fingerprint density at radius 3 is 2.32 bits per heavy atom. The topological polar surface area (TPSA) is 47.3 Å². The number of para-hydroxylation sites is 1. The van der Waals surface area contributed by atoms with Crippen molar-refractivity contribution in [2.24, 2.45) is 11.8 Å². The van der Waals surface area contributed by atoms with Crippen LogP contribution in [0.15, 0.2) is 18.2 Å². The second-order valence-corrected chi connectivity index (χ2v) is 6.23. The first-order valence-corrected chi connectivity index (χ1v) is 7.47. The van der Waals surface area contributed by atoms with E-state index in [0.29, 0.717) is 6.04 Å². The Labute approximate surface area is 115 Å². The Hall–Kier alpha value is -1.38. The number of nitrogen functional groups attached to an aromatic ring is 1. The number of anilines is 2. The summed E-state index contributed by atoms with van der Waals surface area (Å²) in [5.74, 6) is 2.52. The van der Waals surface area contributed by atoms with Crippen molar-refractivity contribution in [2.45, 2.75) is 51.7 Å². The van der Waals surface area contributed by atoms with Crippen molar-refractivity contribution in [3.05, 3.63) is 18.2 Å². The predicted octanol–water partition coefficient (Wildman–Crippen LogP) is 3.66. The normalized spacial score (nSPS) is 18.9. The third kappa shape index (κ3) is 2.96. The van der Waals surface area contributed by atoms with Crippen LogP contribution in [0.4, 0.5) is 11.4 Å². The number of nitrogens with two attached hydrogens (primary N) is 1. The molecule has 2 saturated carbocycles. The lowest BCUT2D eigenvalue weighted by Crippen LogP contribution is -2.24. The maximum Gasteiger partial charge on any atom is 0.144 e. The van der Waals surface area contributed by atoms with Crippen molar-refractivity contribution in [1.29, 1.82) is 0 Å². The highest BCUT2D eigenvalue weighted by Crippen LogP contribution is 2.46. The first-order valence-electron chi connectivity index (χ1n) is 7.47. The summed E-state index contributed by atoms with van der Waals surface area (Å²) >= 11 is 0. The van der Waals surface area contributed by atoms with E-state index in [-0.39, 0.29) is 6.10 Å². The second kappa shape index (κ2) is 4.95. The van der Waals surface area contributed by atoms with E-state index in [0.717, 1.165) is 29.0 Å². The molecule has 0 atom stereocenters. The lowest BCUT2D eigenvalue weighted by Gasteiger charge is -2.22. The van der Waals surface area contributed by atoms with Gasteiger partial charge in [-0.1, -0.05) is 6.07 Å². The molecule has 19 heavy (non-hydrogen) atoms. The van der Waals surface area contributed by atoms with Crippen molar-refractivity contribution in [3.63, 3.8) is 0 Å². The number of benzene rings is 1. The van der Waals surface area contributed by atoms with Crippen LogP contribution < -0.4 is 15.8 Å². The monoisotopic (exact) mass is 260 g/mol. The van der Waals surface area contributed by atoms with Gasteiger partial charge in [-0.25, -0.2) is 0 Å². The fourth-order valence-corrected chi connectivity index (χ4v) is 2.74. The minimum Gasteiger partial charge on any atom is -0.489 e. The van der Waals surface area contributed by atoms with Gasteiger partial charge in [-0.2, -0.15) is 0 Å². The van der Waals surface area contributed by atoms with E-state index < -0.39 is 0 Å². The molecular formula is C16H24N2O. The lowest BCUT2D eigenvalue weighted by atomic mass is 10.1. The van der Waals surface area contributed by atoms with Crippen molar-refractivity contribution >= 4 is 11.4 Å². The minimum atomic E-state index is 0.153. The van der Waals surface area contributed by atoms with Gasteiger partial charge >= 0.3 is 0 Å². The van der Waals surface area contributed by atoms with Crippen LogP contribution >= 0.6 is 0 Å². The maximum atomic E-state index is 6.23. The largest absolute Gasteiger partial charge is 0.489 e. The van der Waals surface area contributed by atoms with Gasteiger partial charge < -0.3 is 15.8 Å². The van der Waals surface area contributed by atoms with E-state index in [1.165, 1.54) is 25.7 Å². The van der Waals surface area contributed by atoms with E-state index in [1.54, 1.807) is 0 Å². The van der Waals surface area contributed by atoms with Crippen molar-refractivity contribution < 1.29 is 4.74 Å². The minimum absolute atomic E-state index is 0.153. The molecule has 3 N–H and O–H groups in total. The summed E-state index contributed by atoms with van der Waals surface area (Å²) in [5, 5.41) is 3.68. The molecule has 0 saturated heterocycles. The summed E-state index contributed by atoms with van der Waals surface area (Å²) < 4.78 is 5.75. The fraction of sp³-hybridized carbons (Fsp3) is 0.625.